The molecule has 0 saturated heterocycles. The second kappa shape index (κ2) is 11.7. The van der Waals surface area contributed by atoms with E-state index in [0.717, 1.165) is 30.3 Å². The molecule has 0 heterocycles. The highest BCUT2D eigenvalue weighted by Gasteiger charge is 2.56. The van der Waals surface area contributed by atoms with E-state index in [4.69, 9.17) is 5.73 Å². The molecule has 2 aromatic carbocycles. The van der Waals surface area contributed by atoms with Crippen LogP contribution in [0.4, 0.5) is 40.3 Å². The fourth-order valence-corrected chi connectivity index (χ4v) is 2.58. The van der Waals surface area contributed by atoms with Gasteiger partial charge in [-0.05, 0) is 31.3 Å². The monoisotopic (exact) mass is 504 g/mol. The molecule has 0 unspecified atom stereocenters. The smallest absolute Gasteiger partial charge is 0.328 e. The van der Waals surface area contributed by atoms with Gasteiger partial charge >= 0.3 is 11.8 Å². The number of nitro groups is 2. The lowest BCUT2D eigenvalue weighted by Crippen LogP contribution is -2.50. The lowest BCUT2D eigenvalue weighted by Gasteiger charge is -2.27. The van der Waals surface area contributed by atoms with Crippen molar-refractivity contribution in [1.29, 1.82) is 0 Å². The van der Waals surface area contributed by atoms with E-state index >= 15 is 0 Å². The van der Waals surface area contributed by atoms with Crippen molar-refractivity contribution in [2.45, 2.75) is 11.8 Å². The first-order valence-electron chi connectivity index (χ1n) is 9.42. The van der Waals surface area contributed by atoms with Gasteiger partial charge in [0.1, 0.15) is 17.7 Å². The van der Waals surface area contributed by atoms with Crippen LogP contribution in [0.3, 0.4) is 0 Å². The van der Waals surface area contributed by atoms with Crippen LogP contribution < -0.4 is 22.1 Å². The first-order valence-corrected chi connectivity index (χ1v) is 9.42. The normalized spacial score (nSPS) is 11.0. The third kappa shape index (κ3) is 7.07. The second-order valence-corrected chi connectivity index (χ2v) is 6.62. The molecular formula is C19H20F4N6O6. The summed E-state index contributed by atoms with van der Waals surface area (Å²) in [5.74, 6) is -10.6. The minimum absolute atomic E-state index is 0.127. The Bertz CT molecular complexity index is 1120. The number of hydrogen-bond donors (Lipinski definition) is 4. The molecular weight excluding hydrogens is 484 g/mol. The number of nitro benzene ring substituents is 2. The Hall–Kier alpha value is -4.34. The summed E-state index contributed by atoms with van der Waals surface area (Å²) in [6, 6.07) is 5.31. The SMILES string of the molecule is CN.NC(=O)c1ccc(NCC(F)(F)C(F)(F)CNc2ccc(C=O)cc2[N+](=O)[O-])c([N+](=O)[O-])c1. The maximum atomic E-state index is 14.2. The molecule has 0 spiro atoms. The summed E-state index contributed by atoms with van der Waals surface area (Å²) in [6.45, 7) is -3.48. The zero-order valence-electron chi connectivity index (χ0n) is 18.0. The van der Waals surface area contributed by atoms with Crippen LogP contribution in [-0.2, 0) is 0 Å². The van der Waals surface area contributed by atoms with Gasteiger partial charge in [-0.1, -0.05) is 0 Å². The first kappa shape index (κ1) is 28.7. The van der Waals surface area contributed by atoms with Gasteiger partial charge in [0.2, 0.25) is 5.91 Å². The first-order chi connectivity index (χ1) is 16.3. The molecule has 0 radical (unpaired) electrons. The number of primary amides is 1. The van der Waals surface area contributed by atoms with Gasteiger partial charge in [0.25, 0.3) is 11.4 Å². The molecule has 0 fully saturated rings. The van der Waals surface area contributed by atoms with E-state index in [1.165, 1.54) is 7.05 Å². The third-order valence-corrected chi connectivity index (χ3v) is 4.37. The van der Waals surface area contributed by atoms with E-state index in [1.54, 1.807) is 0 Å². The summed E-state index contributed by atoms with van der Waals surface area (Å²) in [5.41, 5.74) is 6.37. The van der Waals surface area contributed by atoms with Crippen molar-refractivity contribution in [2.24, 2.45) is 11.5 Å². The Balaban J connectivity index is 0.00000298. The number of benzene rings is 2. The van der Waals surface area contributed by atoms with Gasteiger partial charge in [-0.3, -0.25) is 29.8 Å². The van der Waals surface area contributed by atoms with Gasteiger partial charge in [-0.15, -0.1) is 0 Å². The van der Waals surface area contributed by atoms with E-state index in [1.807, 2.05) is 10.6 Å². The molecule has 2 aromatic rings. The van der Waals surface area contributed by atoms with Crippen molar-refractivity contribution in [3.63, 3.8) is 0 Å². The summed E-state index contributed by atoms with van der Waals surface area (Å²) in [5, 5.41) is 25.9. The molecule has 190 valence electrons. The molecule has 0 aliphatic carbocycles. The van der Waals surface area contributed by atoms with E-state index in [0.29, 0.717) is 6.07 Å². The lowest BCUT2D eigenvalue weighted by atomic mass is 10.1. The second-order valence-electron chi connectivity index (χ2n) is 6.62. The van der Waals surface area contributed by atoms with E-state index in [-0.39, 0.29) is 17.4 Å². The molecule has 1 amide bonds. The fraction of sp³-hybridized carbons (Fsp3) is 0.263. The molecule has 6 N–H and O–H groups in total. The molecule has 0 aliphatic heterocycles. The third-order valence-electron chi connectivity index (χ3n) is 4.37. The van der Waals surface area contributed by atoms with Crippen molar-refractivity contribution in [3.05, 3.63) is 67.8 Å². The molecule has 16 heteroatoms. The van der Waals surface area contributed by atoms with Crippen molar-refractivity contribution >= 4 is 34.9 Å². The fourth-order valence-electron chi connectivity index (χ4n) is 2.58. The quantitative estimate of drug-likeness (QED) is 0.154. The minimum atomic E-state index is -4.77. The zero-order chi connectivity index (χ0) is 27.0. The average molecular weight is 504 g/mol. The molecule has 0 aliphatic rings. The van der Waals surface area contributed by atoms with Gasteiger partial charge in [0.15, 0.2) is 0 Å². The van der Waals surface area contributed by atoms with E-state index in [2.05, 4.69) is 5.73 Å². The van der Waals surface area contributed by atoms with Gasteiger partial charge in [-0.2, -0.15) is 17.6 Å². The molecule has 0 atom stereocenters. The number of anilines is 2. The summed E-state index contributed by atoms with van der Waals surface area (Å²) in [4.78, 5) is 42.0. The number of aldehydes is 1. The molecule has 0 bridgehead atoms. The van der Waals surface area contributed by atoms with Gasteiger partial charge in [-0.25, -0.2) is 0 Å². The molecule has 12 nitrogen and oxygen atoms in total. The van der Waals surface area contributed by atoms with Gasteiger partial charge in [0.05, 0.1) is 22.9 Å². The predicted molar refractivity (Wildman–Crippen MR) is 117 cm³/mol. The van der Waals surface area contributed by atoms with Gasteiger partial charge in [0, 0.05) is 23.3 Å². The Kier molecular flexibility index (Phi) is 9.58. The van der Waals surface area contributed by atoms with E-state index < -0.39 is 63.4 Å². The molecule has 0 saturated carbocycles. The summed E-state index contributed by atoms with van der Waals surface area (Å²) < 4.78 is 56.9. The predicted octanol–water partition coefficient (Wildman–Crippen LogP) is 2.78. The molecule has 35 heavy (non-hydrogen) atoms. The highest BCUT2D eigenvalue weighted by Crippen LogP contribution is 2.37. The Morgan fingerprint density at radius 1 is 0.914 bits per heavy atom. The topological polar surface area (TPSA) is 197 Å². The van der Waals surface area contributed by atoms with Crippen LogP contribution in [0.5, 0.6) is 0 Å². The minimum Gasteiger partial charge on any atom is -0.373 e. The number of hydrogen-bond acceptors (Lipinski definition) is 9. The Labute approximate surface area is 194 Å². The van der Waals surface area contributed by atoms with Gasteiger partial charge < -0.3 is 22.1 Å². The number of alkyl halides is 4. The summed E-state index contributed by atoms with van der Waals surface area (Å²) in [7, 11) is 1.50. The van der Waals surface area contributed by atoms with Crippen molar-refractivity contribution in [2.75, 3.05) is 30.8 Å². The molecule has 2 rings (SSSR count). The van der Waals surface area contributed by atoms with Crippen molar-refractivity contribution in [3.8, 4) is 0 Å². The standard InChI is InChI=1S/C18H15F4N5O6.CH5N/c19-17(20,8-24-12-3-1-10(7-28)5-14(12)26(30)31)18(21,22)9-25-13-4-2-11(16(23)29)6-15(13)27(32)33;1-2/h1-7,24-25H,8-9H2,(H2,23,29);2H2,1H3. The number of nitrogens with one attached hydrogen (secondary N) is 2. The van der Waals surface area contributed by atoms with Crippen LogP contribution >= 0.6 is 0 Å². The van der Waals surface area contributed by atoms with Crippen molar-refractivity contribution in [1.82, 2.24) is 0 Å². The number of halogens is 4. The zero-order valence-corrected chi connectivity index (χ0v) is 18.0. The van der Waals surface area contributed by atoms with Crippen LogP contribution in [0.25, 0.3) is 0 Å². The highest BCUT2D eigenvalue weighted by atomic mass is 19.3. The number of amides is 1. The Morgan fingerprint density at radius 3 is 1.74 bits per heavy atom. The summed E-state index contributed by atoms with van der Waals surface area (Å²) in [6.07, 6.45) is 0.278. The Morgan fingerprint density at radius 2 is 1.34 bits per heavy atom. The maximum Gasteiger partial charge on any atom is 0.328 e. The number of carbonyl (C=O) groups excluding carboxylic acids is 2. The largest absolute Gasteiger partial charge is 0.373 e. The number of nitrogens with two attached hydrogens (primary N) is 2. The number of rotatable bonds is 11. The lowest BCUT2D eigenvalue weighted by molar-refractivity contribution is -0.384. The van der Waals surface area contributed by atoms with Crippen LogP contribution in [-0.4, -0.2) is 54.0 Å². The number of carbonyl (C=O) groups is 2. The maximum absolute atomic E-state index is 14.2. The highest BCUT2D eigenvalue weighted by molar-refractivity contribution is 5.94. The number of nitrogens with zero attached hydrogens (tertiary/aromatic N) is 2. The van der Waals surface area contributed by atoms with Crippen LogP contribution in [0.2, 0.25) is 0 Å². The van der Waals surface area contributed by atoms with E-state index in [9.17, 15) is 47.4 Å². The van der Waals surface area contributed by atoms with Crippen LogP contribution in [0, 0.1) is 20.2 Å². The van der Waals surface area contributed by atoms with Crippen molar-refractivity contribution < 1.29 is 37.0 Å². The van der Waals surface area contributed by atoms with Crippen LogP contribution in [0.1, 0.15) is 20.7 Å². The van der Waals surface area contributed by atoms with Crippen LogP contribution in [0.15, 0.2) is 36.4 Å². The molecule has 0 aromatic heterocycles. The average Bonchev–Trinajstić information content (AvgIpc) is 2.82. The summed E-state index contributed by atoms with van der Waals surface area (Å²) >= 11 is 0.